The van der Waals surface area contributed by atoms with Gasteiger partial charge in [0.15, 0.2) is 0 Å². The van der Waals surface area contributed by atoms with Crippen LogP contribution in [0, 0.1) is 5.92 Å². The minimum atomic E-state index is -3.25. The lowest BCUT2D eigenvalue weighted by atomic mass is 10.3. The van der Waals surface area contributed by atoms with Crippen molar-refractivity contribution in [1.82, 2.24) is 14.9 Å². The van der Waals surface area contributed by atoms with Crippen molar-refractivity contribution in [2.24, 2.45) is 5.92 Å². The molecule has 0 radical (unpaired) electrons. The van der Waals surface area contributed by atoms with Crippen LogP contribution in [-0.4, -0.2) is 30.2 Å². The highest BCUT2D eigenvalue weighted by molar-refractivity contribution is 7.89. The van der Waals surface area contributed by atoms with Crippen molar-refractivity contribution in [3.05, 3.63) is 18.0 Å². The molecular weight excluding hydrogens is 238 g/mol. The molecule has 0 saturated heterocycles. The Kier molecular flexibility index (Phi) is 4.56. The molecule has 1 aromatic rings. The smallest absolute Gasteiger partial charge is 0.212 e. The molecule has 7 heteroatoms. The summed E-state index contributed by atoms with van der Waals surface area (Å²) < 4.78 is 25.5. The van der Waals surface area contributed by atoms with E-state index in [1.54, 1.807) is 19.3 Å². The Morgan fingerprint density at radius 3 is 2.93 bits per heavy atom. The Hall–Kier alpha value is -0.590. The molecule has 1 unspecified atom stereocenters. The van der Waals surface area contributed by atoms with Gasteiger partial charge in [-0.2, -0.15) is 5.10 Å². The number of nitrogens with zero attached hydrogens (tertiary/aromatic N) is 1. The fourth-order valence-electron chi connectivity index (χ4n) is 1.05. The summed E-state index contributed by atoms with van der Waals surface area (Å²) >= 11 is 5.55. The molecule has 5 nitrogen and oxygen atoms in total. The zero-order valence-corrected chi connectivity index (χ0v) is 9.98. The Bertz CT molecular complexity index is 377. The molecule has 0 amide bonds. The van der Waals surface area contributed by atoms with Crippen LogP contribution >= 0.6 is 11.6 Å². The van der Waals surface area contributed by atoms with Crippen LogP contribution in [0.2, 0.25) is 0 Å². The van der Waals surface area contributed by atoms with E-state index in [-0.39, 0.29) is 18.2 Å². The number of hydrogen-bond acceptors (Lipinski definition) is 3. The molecular formula is C8H14ClN3O2S. The summed E-state index contributed by atoms with van der Waals surface area (Å²) in [4.78, 5) is 0. The number of aromatic nitrogens is 2. The largest absolute Gasteiger partial charge is 0.285 e. The fraction of sp³-hybridized carbons (Fsp3) is 0.625. The van der Waals surface area contributed by atoms with E-state index in [0.29, 0.717) is 5.88 Å². The highest BCUT2D eigenvalue weighted by atomic mass is 35.5. The summed E-state index contributed by atoms with van der Waals surface area (Å²) in [6, 6.07) is 0. The first-order valence-electron chi connectivity index (χ1n) is 4.54. The fourth-order valence-corrected chi connectivity index (χ4v) is 2.66. The lowest BCUT2D eigenvalue weighted by Crippen LogP contribution is -2.29. The molecule has 1 atom stereocenters. The number of alkyl halides is 1. The maximum atomic E-state index is 11.5. The second kappa shape index (κ2) is 5.48. The molecule has 0 aliphatic rings. The molecule has 0 bridgehead atoms. The predicted molar refractivity (Wildman–Crippen MR) is 59.1 cm³/mol. The first kappa shape index (κ1) is 12.5. The highest BCUT2D eigenvalue weighted by Crippen LogP contribution is 2.03. The zero-order chi connectivity index (χ0) is 11.3. The average Bonchev–Trinajstić information content (AvgIpc) is 2.66. The van der Waals surface area contributed by atoms with Crippen molar-refractivity contribution >= 4 is 21.6 Å². The number of H-pyrrole nitrogens is 1. The average molecular weight is 252 g/mol. The van der Waals surface area contributed by atoms with Crippen molar-refractivity contribution in [1.29, 1.82) is 0 Å². The van der Waals surface area contributed by atoms with Crippen LogP contribution in [0.15, 0.2) is 12.4 Å². The van der Waals surface area contributed by atoms with E-state index in [2.05, 4.69) is 14.9 Å². The quantitative estimate of drug-likeness (QED) is 0.731. The molecule has 2 N–H and O–H groups in total. The number of halogens is 1. The molecule has 1 aromatic heterocycles. The lowest BCUT2D eigenvalue weighted by Gasteiger charge is -2.09. The summed E-state index contributed by atoms with van der Waals surface area (Å²) in [5, 5.41) is 6.33. The molecule has 15 heavy (non-hydrogen) atoms. The molecule has 1 rings (SSSR count). The first-order valence-corrected chi connectivity index (χ1v) is 6.73. The third kappa shape index (κ3) is 4.63. The zero-order valence-electron chi connectivity index (χ0n) is 8.40. The number of rotatable bonds is 6. The summed E-state index contributed by atoms with van der Waals surface area (Å²) in [5.41, 5.74) is 0.803. The van der Waals surface area contributed by atoms with Gasteiger partial charge in [-0.25, -0.2) is 13.1 Å². The Morgan fingerprint density at radius 2 is 2.40 bits per heavy atom. The minimum Gasteiger partial charge on any atom is -0.285 e. The van der Waals surface area contributed by atoms with Crippen LogP contribution in [0.5, 0.6) is 0 Å². The number of nitrogens with one attached hydrogen (secondary N) is 2. The summed E-state index contributed by atoms with van der Waals surface area (Å²) in [7, 11) is -3.25. The molecule has 0 aliphatic carbocycles. The molecule has 0 aliphatic heterocycles. The van der Waals surface area contributed by atoms with Gasteiger partial charge in [-0.15, -0.1) is 11.6 Å². The van der Waals surface area contributed by atoms with Gasteiger partial charge >= 0.3 is 0 Å². The second-order valence-electron chi connectivity index (χ2n) is 3.47. The monoisotopic (exact) mass is 251 g/mol. The molecule has 0 spiro atoms. The van der Waals surface area contributed by atoms with Gasteiger partial charge < -0.3 is 0 Å². The first-order chi connectivity index (χ1) is 7.03. The molecule has 0 saturated carbocycles. The van der Waals surface area contributed by atoms with E-state index in [4.69, 9.17) is 11.6 Å². The van der Waals surface area contributed by atoms with E-state index in [0.717, 1.165) is 5.56 Å². The Labute approximate surface area is 94.3 Å². The number of hydrogen-bond donors (Lipinski definition) is 2. The van der Waals surface area contributed by atoms with Gasteiger partial charge in [0.05, 0.1) is 11.9 Å². The van der Waals surface area contributed by atoms with E-state index >= 15 is 0 Å². The van der Waals surface area contributed by atoms with Crippen LogP contribution < -0.4 is 4.72 Å². The summed E-state index contributed by atoms with van der Waals surface area (Å²) in [6.07, 6.45) is 3.22. The number of aromatic amines is 1. The van der Waals surface area contributed by atoms with E-state index in [9.17, 15) is 8.42 Å². The molecule has 86 valence electrons. The number of sulfonamides is 1. The third-order valence-corrected chi connectivity index (χ3v) is 3.94. The molecule has 0 fully saturated rings. The standard InChI is InChI=1S/C8H14ClN3O2S/c1-7(2-9)6-15(13,14)12-5-8-3-10-11-4-8/h3-4,7,12H,2,5-6H2,1H3,(H,10,11). The van der Waals surface area contributed by atoms with Crippen LogP contribution in [0.25, 0.3) is 0 Å². The molecule has 0 aromatic carbocycles. The van der Waals surface area contributed by atoms with Crippen LogP contribution in [0.4, 0.5) is 0 Å². The molecule has 1 heterocycles. The lowest BCUT2D eigenvalue weighted by molar-refractivity contribution is 0.568. The Balaban J connectivity index is 2.43. The van der Waals surface area contributed by atoms with Crippen LogP contribution in [0.1, 0.15) is 12.5 Å². The van der Waals surface area contributed by atoms with Crippen molar-refractivity contribution in [3.8, 4) is 0 Å². The van der Waals surface area contributed by atoms with E-state index < -0.39 is 10.0 Å². The normalized spacial score (nSPS) is 14.0. The maximum Gasteiger partial charge on any atom is 0.212 e. The van der Waals surface area contributed by atoms with E-state index in [1.807, 2.05) is 0 Å². The van der Waals surface area contributed by atoms with Gasteiger partial charge in [0.2, 0.25) is 10.0 Å². The van der Waals surface area contributed by atoms with Gasteiger partial charge in [-0.05, 0) is 5.92 Å². The summed E-state index contributed by atoms with van der Waals surface area (Å²) in [5.74, 6) is 0.342. The van der Waals surface area contributed by atoms with Gasteiger partial charge in [-0.3, -0.25) is 5.10 Å². The van der Waals surface area contributed by atoms with Gasteiger partial charge in [-0.1, -0.05) is 6.92 Å². The van der Waals surface area contributed by atoms with Crippen molar-refractivity contribution in [2.45, 2.75) is 13.5 Å². The van der Waals surface area contributed by atoms with Gasteiger partial charge in [0.1, 0.15) is 0 Å². The van der Waals surface area contributed by atoms with Crippen molar-refractivity contribution in [3.63, 3.8) is 0 Å². The SMILES string of the molecule is CC(CCl)CS(=O)(=O)NCc1cn[nH]c1. The minimum absolute atomic E-state index is 0.0477. The van der Waals surface area contributed by atoms with Gasteiger partial charge in [0.25, 0.3) is 0 Å². The third-order valence-electron chi connectivity index (χ3n) is 1.82. The van der Waals surface area contributed by atoms with Crippen LogP contribution in [0.3, 0.4) is 0 Å². The van der Waals surface area contributed by atoms with Crippen LogP contribution in [-0.2, 0) is 16.6 Å². The summed E-state index contributed by atoms with van der Waals surface area (Å²) in [6.45, 7) is 2.05. The predicted octanol–water partition coefficient (Wildman–Crippen LogP) is 0.704. The van der Waals surface area contributed by atoms with Crippen molar-refractivity contribution < 1.29 is 8.42 Å². The van der Waals surface area contributed by atoms with Gasteiger partial charge in [0, 0.05) is 24.2 Å². The maximum absolute atomic E-state index is 11.5. The highest BCUT2D eigenvalue weighted by Gasteiger charge is 2.14. The second-order valence-corrected chi connectivity index (χ2v) is 5.63. The Morgan fingerprint density at radius 1 is 1.67 bits per heavy atom. The van der Waals surface area contributed by atoms with Crippen molar-refractivity contribution in [2.75, 3.05) is 11.6 Å². The van der Waals surface area contributed by atoms with E-state index in [1.165, 1.54) is 0 Å². The topological polar surface area (TPSA) is 74.8 Å².